The zero-order valence-corrected chi connectivity index (χ0v) is 12.0. The summed E-state index contributed by atoms with van der Waals surface area (Å²) in [5, 5.41) is 4.67. The number of thiazole rings is 1. The summed E-state index contributed by atoms with van der Waals surface area (Å²) in [7, 11) is 0. The lowest BCUT2D eigenvalue weighted by Gasteiger charge is -2.29. The Morgan fingerprint density at radius 1 is 1.32 bits per heavy atom. The molecule has 1 aromatic rings. The van der Waals surface area contributed by atoms with Crippen LogP contribution in [-0.2, 0) is 24.2 Å². The molecule has 3 N–H and O–H groups in total. The van der Waals surface area contributed by atoms with E-state index in [-0.39, 0.29) is 17.9 Å². The Bertz CT molecular complexity index is 450. The SMILES string of the molecule is NC(=O)[C@H]1CCCC[C@@H]1NCc1nc2c(s1)CCC2. The lowest BCUT2D eigenvalue weighted by atomic mass is 9.84. The van der Waals surface area contributed by atoms with Crippen molar-refractivity contribution in [1.82, 2.24) is 10.3 Å². The van der Waals surface area contributed by atoms with Gasteiger partial charge < -0.3 is 11.1 Å². The van der Waals surface area contributed by atoms with E-state index in [9.17, 15) is 4.79 Å². The first kappa shape index (κ1) is 13.1. The molecule has 1 fully saturated rings. The molecular formula is C14H21N3OS. The number of hydrogen-bond acceptors (Lipinski definition) is 4. The highest BCUT2D eigenvalue weighted by Gasteiger charge is 2.29. The second kappa shape index (κ2) is 5.59. The summed E-state index contributed by atoms with van der Waals surface area (Å²) in [6, 6.07) is 0.241. The zero-order valence-electron chi connectivity index (χ0n) is 11.2. The molecule has 2 atom stereocenters. The number of aryl methyl sites for hydroxylation is 2. The Morgan fingerprint density at radius 3 is 2.95 bits per heavy atom. The van der Waals surface area contributed by atoms with Crippen LogP contribution in [0, 0.1) is 5.92 Å². The highest BCUT2D eigenvalue weighted by molar-refractivity contribution is 7.11. The van der Waals surface area contributed by atoms with Gasteiger partial charge in [-0.2, -0.15) is 0 Å². The number of nitrogens with two attached hydrogens (primary N) is 1. The van der Waals surface area contributed by atoms with Crippen molar-refractivity contribution in [1.29, 1.82) is 0 Å². The molecule has 1 saturated carbocycles. The first-order valence-corrected chi connectivity index (χ1v) is 8.06. The monoisotopic (exact) mass is 279 g/mol. The molecule has 0 aromatic carbocycles. The van der Waals surface area contributed by atoms with Crippen LogP contribution in [0.2, 0.25) is 0 Å². The standard InChI is InChI=1S/C14H21N3OS/c15-14(18)9-4-1-2-5-10(9)16-8-13-17-11-6-3-7-12(11)19-13/h9-10,16H,1-8H2,(H2,15,18)/t9-,10-/m0/s1. The Labute approximate surface area is 117 Å². The summed E-state index contributed by atoms with van der Waals surface area (Å²) in [6.07, 6.45) is 7.89. The van der Waals surface area contributed by atoms with E-state index in [1.54, 1.807) is 0 Å². The van der Waals surface area contributed by atoms with Crippen LogP contribution in [0.4, 0.5) is 0 Å². The van der Waals surface area contributed by atoms with Crippen LogP contribution in [0.25, 0.3) is 0 Å². The smallest absolute Gasteiger partial charge is 0.222 e. The van der Waals surface area contributed by atoms with Gasteiger partial charge in [0.2, 0.25) is 5.91 Å². The molecule has 1 aromatic heterocycles. The van der Waals surface area contributed by atoms with E-state index < -0.39 is 0 Å². The summed E-state index contributed by atoms with van der Waals surface area (Å²) in [5.74, 6) is -0.153. The van der Waals surface area contributed by atoms with Crippen molar-refractivity contribution < 1.29 is 4.79 Å². The van der Waals surface area contributed by atoms with Gasteiger partial charge in [0.05, 0.1) is 11.6 Å². The van der Waals surface area contributed by atoms with Crippen LogP contribution in [0.1, 0.15) is 47.7 Å². The fraction of sp³-hybridized carbons (Fsp3) is 0.714. The predicted octanol–water partition coefficient (Wildman–Crippen LogP) is 1.77. The van der Waals surface area contributed by atoms with Crippen LogP contribution in [-0.4, -0.2) is 16.9 Å². The topological polar surface area (TPSA) is 68.0 Å². The van der Waals surface area contributed by atoms with E-state index in [1.807, 2.05) is 11.3 Å². The second-order valence-corrected chi connectivity index (χ2v) is 6.78. The molecule has 0 bridgehead atoms. The Hall–Kier alpha value is -0.940. The van der Waals surface area contributed by atoms with Gasteiger partial charge >= 0.3 is 0 Å². The van der Waals surface area contributed by atoms with Crippen molar-refractivity contribution in [2.24, 2.45) is 11.7 Å². The molecule has 5 heteroatoms. The number of carbonyl (C=O) groups is 1. The van der Waals surface area contributed by atoms with Crippen molar-refractivity contribution in [2.45, 2.75) is 57.5 Å². The summed E-state index contributed by atoms with van der Waals surface area (Å²) >= 11 is 1.83. The molecule has 1 amide bonds. The lowest BCUT2D eigenvalue weighted by molar-refractivity contribution is -0.123. The van der Waals surface area contributed by atoms with Crippen molar-refractivity contribution in [3.05, 3.63) is 15.6 Å². The Morgan fingerprint density at radius 2 is 2.16 bits per heavy atom. The number of nitrogens with one attached hydrogen (secondary N) is 1. The summed E-state index contributed by atoms with van der Waals surface area (Å²) < 4.78 is 0. The van der Waals surface area contributed by atoms with Crippen molar-refractivity contribution in [2.75, 3.05) is 0 Å². The number of rotatable bonds is 4. The molecule has 3 rings (SSSR count). The molecule has 2 aliphatic carbocycles. The van der Waals surface area contributed by atoms with E-state index in [0.717, 1.165) is 32.2 Å². The number of hydrogen-bond donors (Lipinski definition) is 2. The molecule has 4 nitrogen and oxygen atoms in total. The quantitative estimate of drug-likeness (QED) is 0.882. The van der Waals surface area contributed by atoms with E-state index in [4.69, 9.17) is 5.73 Å². The lowest BCUT2D eigenvalue weighted by Crippen LogP contribution is -2.44. The summed E-state index contributed by atoms with van der Waals surface area (Å²) in [6.45, 7) is 0.784. The van der Waals surface area contributed by atoms with Crippen molar-refractivity contribution >= 4 is 17.2 Å². The maximum atomic E-state index is 11.5. The van der Waals surface area contributed by atoms with Crippen LogP contribution >= 0.6 is 11.3 Å². The Balaban J connectivity index is 1.59. The fourth-order valence-electron chi connectivity index (χ4n) is 3.25. The van der Waals surface area contributed by atoms with Gasteiger partial charge in [0, 0.05) is 17.5 Å². The normalized spacial score (nSPS) is 26.3. The minimum Gasteiger partial charge on any atom is -0.369 e. The van der Waals surface area contributed by atoms with Gasteiger partial charge in [0.1, 0.15) is 5.01 Å². The predicted molar refractivity (Wildman–Crippen MR) is 75.9 cm³/mol. The zero-order chi connectivity index (χ0) is 13.2. The third-order valence-corrected chi connectivity index (χ3v) is 5.44. The molecule has 0 aliphatic heterocycles. The molecule has 0 unspecified atom stereocenters. The maximum absolute atomic E-state index is 11.5. The van der Waals surface area contributed by atoms with Gasteiger partial charge in [0.15, 0.2) is 0 Å². The molecular weight excluding hydrogens is 258 g/mol. The molecule has 0 radical (unpaired) electrons. The number of fused-ring (bicyclic) bond motifs is 1. The largest absolute Gasteiger partial charge is 0.369 e. The van der Waals surface area contributed by atoms with E-state index in [1.165, 1.54) is 34.8 Å². The van der Waals surface area contributed by atoms with Gasteiger partial charge in [0.25, 0.3) is 0 Å². The van der Waals surface area contributed by atoms with Crippen LogP contribution < -0.4 is 11.1 Å². The van der Waals surface area contributed by atoms with E-state index >= 15 is 0 Å². The summed E-state index contributed by atoms with van der Waals surface area (Å²) in [5.41, 5.74) is 6.80. The molecule has 2 aliphatic rings. The maximum Gasteiger partial charge on any atom is 0.222 e. The van der Waals surface area contributed by atoms with Crippen LogP contribution in [0.5, 0.6) is 0 Å². The van der Waals surface area contributed by atoms with Gasteiger partial charge in [-0.1, -0.05) is 12.8 Å². The first-order chi connectivity index (χ1) is 9.24. The van der Waals surface area contributed by atoms with Crippen LogP contribution in [0.15, 0.2) is 0 Å². The van der Waals surface area contributed by atoms with Crippen molar-refractivity contribution in [3.8, 4) is 0 Å². The van der Waals surface area contributed by atoms with E-state index in [2.05, 4.69) is 10.3 Å². The minimum atomic E-state index is -0.154. The fourth-order valence-corrected chi connectivity index (χ4v) is 4.36. The van der Waals surface area contributed by atoms with Gasteiger partial charge in [-0.25, -0.2) is 4.98 Å². The highest BCUT2D eigenvalue weighted by Crippen LogP contribution is 2.28. The first-order valence-electron chi connectivity index (χ1n) is 7.24. The molecule has 0 saturated heterocycles. The van der Waals surface area contributed by atoms with Gasteiger partial charge in [-0.3, -0.25) is 4.79 Å². The highest BCUT2D eigenvalue weighted by atomic mass is 32.1. The second-order valence-electron chi connectivity index (χ2n) is 5.61. The summed E-state index contributed by atoms with van der Waals surface area (Å²) in [4.78, 5) is 17.6. The number of nitrogens with zero attached hydrogens (tertiary/aromatic N) is 1. The molecule has 0 spiro atoms. The minimum absolute atomic E-state index is 0.000518. The Kier molecular flexibility index (Phi) is 3.84. The number of aromatic nitrogens is 1. The molecule has 19 heavy (non-hydrogen) atoms. The van der Waals surface area contributed by atoms with E-state index in [0.29, 0.717) is 0 Å². The number of primary amides is 1. The third-order valence-electron chi connectivity index (χ3n) is 4.29. The average molecular weight is 279 g/mol. The average Bonchev–Trinajstić information content (AvgIpc) is 2.97. The molecule has 1 heterocycles. The number of amides is 1. The third kappa shape index (κ3) is 2.82. The van der Waals surface area contributed by atoms with Gasteiger partial charge in [-0.15, -0.1) is 11.3 Å². The van der Waals surface area contributed by atoms with Crippen LogP contribution in [0.3, 0.4) is 0 Å². The van der Waals surface area contributed by atoms with Gasteiger partial charge in [-0.05, 0) is 32.1 Å². The molecule has 104 valence electrons. The van der Waals surface area contributed by atoms with Crippen molar-refractivity contribution in [3.63, 3.8) is 0 Å². The number of carbonyl (C=O) groups excluding carboxylic acids is 1.